The van der Waals surface area contributed by atoms with Gasteiger partial charge in [-0.15, -0.1) is 12.4 Å². The number of aromatic nitrogens is 2. The number of imidazole rings is 1. The Morgan fingerprint density at radius 3 is 2.32 bits per heavy atom. The minimum atomic E-state index is -4.41. The third kappa shape index (κ3) is 3.15. The maximum absolute atomic E-state index is 12.7. The molecular formula is C14H17ClF3N3O. The zero-order chi connectivity index (χ0) is 15.0. The average Bonchev–Trinajstić information content (AvgIpc) is 2.71. The fourth-order valence-corrected chi connectivity index (χ4v) is 2.98. The van der Waals surface area contributed by atoms with Gasteiger partial charge in [0.15, 0.2) is 0 Å². The highest BCUT2D eigenvalue weighted by Gasteiger charge is 2.31. The summed E-state index contributed by atoms with van der Waals surface area (Å²) in [6.07, 6.45) is -2.91. The van der Waals surface area contributed by atoms with Gasteiger partial charge in [0, 0.05) is 6.04 Å². The van der Waals surface area contributed by atoms with Crippen LogP contribution in [0.15, 0.2) is 29.1 Å². The Balaban J connectivity index is 0.00000176. The summed E-state index contributed by atoms with van der Waals surface area (Å²) < 4.78 is 40.5. The van der Waals surface area contributed by atoms with Gasteiger partial charge in [-0.05, 0) is 38.1 Å². The van der Waals surface area contributed by atoms with Crippen molar-refractivity contribution in [1.82, 2.24) is 14.5 Å². The number of nitrogens with zero attached hydrogens (tertiary/aromatic N) is 2. The van der Waals surface area contributed by atoms with Crippen LogP contribution < -0.4 is 11.0 Å². The van der Waals surface area contributed by atoms with Gasteiger partial charge in [-0.3, -0.25) is 9.13 Å². The van der Waals surface area contributed by atoms with Crippen molar-refractivity contribution >= 4 is 23.4 Å². The Morgan fingerprint density at radius 1 is 1.14 bits per heavy atom. The van der Waals surface area contributed by atoms with Crippen molar-refractivity contribution in [1.29, 1.82) is 0 Å². The van der Waals surface area contributed by atoms with E-state index < -0.39 is 18.4 Å². The number of halogens is 4. The number of benzene rings is 1. The van der Waals surface area contributed by atoms with Crippen molar-refractivity contribution in [3.05, 3.63) is 34.7 Å². The maximum atomic E-state index is 12.7. The van der Waals surface area contributed by atoms with Gasteiger partial charge in [-0.25, -0.2) is 4.79 Å². The summed E-state index contributed by atoms with van der Waals surface area (Å²) in [5, 5.41) is 3.19. The van der Waals surface area contributed by atoms with Crippen LogP contribution >= 0.6 is 12.4 Å². The molecule has 0 aliphatic carbocycles. The van der Waals surface area contributed by atoms with Crippen LogP contribution in [0.4, 0.5) is 13.2 Å². The molecule has 1 fully saturated rings. The predicted molar refractivity (Wildman–Crippen MR) is 80.6 cm³/mol. The minimum Gasteiger partial charge on any atom is -0.317 e. The van der Waals surface area contributed by atoms with Gasteiger partial charge in [0.2, 0.25) is 0 Å². The zero-order valence-electron chi connectivity index (χ0n) is 11.8. The lowest BCUT2D eigenvalue weighted by atomic mass is 10.1. The van der Waals surface area contributed by atoms with Gasteiger partial charge in [0.05, 0.1) is 11.0 Å². The summed E-state index contributed by atoms with van der Waals surface area (Å²) in [6, 6.07) is 6.64. The third-order valence-electron chi connectivity index (χ3n) is 3.88. The molecule has 1 N–H and O–H groups in total. The van der Waals surface area contributed by atoms with Gasteiger partial charge in [0.25, 0.3) is 0 Å². The summed E-state index contributed by atoms with van der Waals surface area (Å²) in [4.78, 5) is 12.5. The van der Waals surface area contributed by atoms with Crippen molar-refractivity contribution in [2.75, 3.05) is 13.1 Å². The zero-order valence-corrected chi connectivity index (χ0v) is 12.6. The SMILES string of the molecule is Cl.O=c1n(CC(F)(F)F)c2ccccc2n1C1CCNCC1. The smallest absolute Gasteiger partial charge is 0.317 e. The second-order valence-corrected chi connectivity index (χ2v) is 5.32. The van der Waals surface area contributed by atoms with Crippen LogP contribution in [0.25, 0.3) is 11.0 Å². The standard InChI is InChI=1S/C14H16F3N3O.ClH/c15-14(16,17)9-19-11-3-1-2-4-12(11)20(13(19)21)10-5-7-18-8-6-10;/h1-4,10,18H,5-9H2;1H. The number of nitrogens with one attached hydrogen (secondary N) is 1. The fraction of sp³-hybridized carbons (Fsp3) is 0.500. The van der Waals surface area contributed by atoms with Crippen molar-refractivity contribution in [3.8, 4) is 0 Å². The fourth-order valence-electron chi connectivity index (χ4n) is 2.98. The molecule has 122 valence electrons. The summed E-state index contributed by atoms with van der Waals surface area (Å²) >= 11 is 0. The van der Waals surface area contributed by atoms with Crippen LogP contribution in [0.1, 0.15) is 18.9 Å². The van der Waals surface area contributed by atoms with E-state index in [-0.39, 0.29) is 18.4 Å². The lowest BCUT2D eigenvalue weighted by molar-refractivity contribution is -0.140. The Labute approximate surface area is 131 Å². The van der Waals surface area contributed by atoms with Crippen LogP contribution in [-0.2, 0) is 6.54 Å². The van der Waals surface area contributed by atoms with E-state index in [0.717, 1.165) is 30.5 Å². The monoisotopic (exact) mass is 335 g/mol. The third-order valence-corrected chi connectivity index (χ3v) is 3.88. The molecule has 22 heavy (non-hydrogen) atoms. The van der Waals surface area contributed by atoms with E-state index in [1.165, 1.54) is 4.57 Å². The van der Waals surface area contributed by atoms with Gasteiger partial charge in [-0.1, -0.05) is 12.1 Å². The molecule has 2 aromatic rings. The van der Waals surface area contributed by atoms with Crippen molar-refractivity contribution in [2.24, 2.45) is 0 Å². The van der Waals surface area contributed by atoms with E-state index in [0.29, 0.717) is 11.0 Å². The molecule has 1 aliphatic heterocycles. The van der Waals surface area contributed by atoms with E-state index in [9.17, 15) is 18.0 Å². The minimum absolute atomic E-state index is 0. The van der Waals surface area contributed by atoms with Crippen LogP contribution in [0.3, 0.4) is 0 Å². The highest BCUT2D eigenvalue weighted by atomic mass is 35.5. The molecule has 1 aliphatic rings. The summed E-state index contributed by atoms with van der Waals surface area (Å²) in [6.45, 7) is 0.302. The van der Waals surface area contributed by atoms with Gasteiger partial charge >= 0.3 is 11.9 Å². The van der Waals surface area contributed by atoms with Crippen LogP contribution in [0, 0.1) is 0 Å². The van der Waals surface area contributed by atoms with E-state index in [2.05, 4.69) is 5.32 Å². The first-order valence-corrected chi connectivity index (χ1v) is 6.94. The highest BCUT2D eigenvalue weighted by Crippen LogP contribution is 2.25. The second kappa shape index (κ2) is 6.34. The van der Waals surface area contributed by atoms with Gasteiger partial charge in [0.1, 0.15) is 6.54 Å². The lowest BCUT2D eigenvalue weighted by Crippen LogP contribution is -2.36. The van der Waals surface area contributed by atoms with E-state index in [4.69, 9.17) is 0 Å². The van der Waals surface area contributed by atoms with E-state index >= 15 is 0 Å². The second-order valence-electron chi connectivity index (χ2n) is 5.32. The first kappa shape index (κ1) is 16.9. The summed E-state index contributed by atoms with van der Waals surface area (Å²) in [5.41, 5.74) is 0.359. The van der Waals surface area contributed by atoms with Crippen molar-refractivity contribution < 1.29 is 13.2 Å². The number of rotatable bonds is 2. The molecule has 0 amide bonds. The number of piperidine rings is 1. The molecule has 3 rings (SSSR count). The Kier molecular flexibility index (Phi) is 4.87. The molecule has 0 unspecified atom stereocenters. The molecule has 1 saturated heterocycles. The topological polar surface area (TPSA) is 39.0 Å². The number of para-hydroxylation sites is 2. The van der Waals surface area contributed by atoms with Crippen molar-refractivity contribution in [3.63, 3.8) is 0 Å². The number of fused-ring (bicyclic) bond motifs is 1. The van der Waals surface area contributed by atoms with Crippen molar-refractivity contribution in [2.45, 2.75) is 31.6 Å². The van der Waals surface area contributed by atoms with Gasteiger partial charge in [-0.2, -0.15) is 13.2 Å². The lowest BCUT2D eigenvalue weighted by Gasteiger charge is -2.23. The Hall–Kier alpha value is -1.47. The molecule has 0 atom stereocenters. The quantitative estimate of drug-likeness (QED) is 0.916. The van der Waals surface area contributed by atoms with Gasteiger partial charge < -0.3 is 5.32 Å². The first-order chi connectivity index (χ1) is 9.97. The molecule has 8 heteroatoms. The number of hydrogen-bond acceptors (Lipinski definition) is 2. The molecule has 0 saturated carbocycles. The highest BCUT2D eigenvalue weighted by molar-refractivity contribution is 5.85. The first-order valence-electron chi connectivity index (χ1n) is 6.94. The van der Waals surface area contributed by atoms with Crippen LogP contribution in [0.5, 0.6) is 0 Å². The van der Waals surface area contributed by atoms with E-state index in [1.54, 1.807) is 24.3 Å². The number of hydrogen-bond donors (Lipinski definition) is 1. The molecule has 2 heterocycles. The molecule has 4 nitrogen and oxygen atoms in total. The average molecular weight is 336 g/mol. The van der Waals surface area contributed by atoms with E-state index in [1.807, 2.05) is 0 Å². The maximum Gasteiger partial charge on any atom is 0.406 e. The van der Waals surface area contributed by atoms with Crippen LogP contribution in [-0.4, -0.2) is 28.4 Å². The summed E-state index contributed by atoms with van der Waals surface area (Å²) in [5.74, 6) is 0. The molecule has 0 bridgehead atoms. The summed E-state index contributed by atoms with van der Waals surface area (Å²) in [7, 11) is 0. The molecule has 1 aromatic carbocycles. The normalized spacial score (nSPS) is 16.7. The largest absolute Gasteiger partial charge is 0.406 e. The number of alkyl halides is 3. The Morgan fingerprint density at radius 2 is 1.73 bits per heavy atom. The Bertz CT molecular complexity index is 701. The van der Waals surface area contributed by atoms with Crippen LogP contribution in [0.2, 0.25) is 0 Å². The molecule has 0 spiro atoms. The molecular weight excluding hydrogens is 319 g/mol. The molecule has 1 aromatic heterocycles. The molecule has 0 radical (unpaired) electrons. The predicted octanol–water partition coefficient (Wildman–Crippen LogP) is 2.71.